The summed E-state index contributed by atoms with van der Waals surface area (Å²) in [5, 5.41) is 2.80. The molecule has 4 heteroatoms. The Bertz CT molecular complexity index is 582. The van der Waals surface area contributed by atoms with E-state index in [4.69, 9.17) is 4.74 Å². The number of ether oxygens (including phenoxy) is 1. The summed E-state index contributed by atoms with van der Waals surface area (Å²) >= 11 is 0. The number of carbonyl (C=O) groups excluding carboxylic acids is 1. The molecule has 0 bridgehead atoms. The molecule has 110 valence electrons. The molecule has 21 heavy (non-hydrogen) atoms. The summed E-state index contributed by atoms with van der Waals surface area (Å²) in [5.41, 5.74) is 1.80. The van der Waals surface area contributed by atoms with Gasteiger partial charge in [-0.05, 0) is 35.7 Å². The van der Waals surface area contributed by atoms with Crippen LogP contribution < -0.4 is 10.1 Å². The first kappa shape index (κ1) is 15.0. The maximum atomic E-state index is 11.8. The zero-order valence-corrected chi connectivity index (χ0v) is 12.4. The maximum absolute atomic E-state index is 11.8. The summed E-state index contributed by atoms with van der Waals surface area (Å²) in [6.45, 7) is 5.19. The molecular formula is C17H20N2O2. The number of pyridine rings is 1. The first-order chi connectivity index (χ1) is 10.2. The number of nitrogens with one attached hydrogen (secondary N) is 1. The average Bonchev–Trinajstić information content (AvgIpc) is 2.52. The van der Waals surface area contributed by atoms with Crippen LogP contribution >= 0.6 is 0 Å². The highest BCUT2D eigenvalue weighted by molar-refractivity contribution is 5.93. The van der Waals surface area contributed by atoms with E-state index in [0.717, 1.165) is 5.75 Å². The fourth-order valence-electron chi connectivity index (χ4n) is 1.90. The van der Waals surface area contributed by atoms with E-state index >= 15 is 0 Å². The summed E-state index contributed by atoms with van der Waals surface area (Å²) in [7, 11) is 0. The molecule has 1 aromatic carbocycles. The summed E-state index contributed by atoms with van der Waals surface area (Å²) < 4.78 is 5.65. The Morgan fingerprint density at radius 1 is 1.29 bits per heavy atom. The normalized spacial score (nSPS) is 10.4. The number of rotatable bonds is 6. The number of benzene rings is 1. The summed E-state index contributed by atoms with van der Waals surface area (Å²) in [6.07, 6.45) is 3.18. The van der Waals surface area contributed by atoms with E-state index in [9.17, 15) is 4.79 Å². The van der Waals surface area contributed by atoms with Crippen molar-refractivity contribution in [3.8, 4) is 5.75 Å². The Balaban J connectivity index is 1.77. The van der Waals surface area contributed by atoms with Crippen molar-refractivity contribution in [2.24, 2.45) is 0 Å². The van der Waals surface area contributed by atoms with Gasteiger partial charge in [0, 0.05) is 12.4 Å². The van der Waals surface area contributed by atoms with Gasteiger partial charge in [-0.1, -0.05) is 26.0 Å². The van der Waals surface area contributed by atoms with E-state index in [-0.39, 0.29) is 5.91 Å². The minimum absolute atomic E-state index is 0.136. The van der Waals surface area contributed by atoms with Crippen molar-refractivity contribution in [2.45, 2.75) is 19.8 Å². The third-order valence-electron chi connectivity index (χ3n) is 3.10. The first-order valence-electron chi connectivity index (χ1n) is 7.08. The Kier molecular flexibility index (Phi) is 5.32. The van der Waals surface area contributed by atoms with Crippen molar-refractivity contribution < 1.29 is 9.53 Å². The van der Waals surface area contributed by atoms with Crippen LogP contribution in [0.5, 0.6) is 5.75 Å². The second-order valence-electron chi connectivity index (χ2n) is 5.07. The Labute approximate surface area is 125 Å². The second-order valence-corrected chi connectivity index (χ2v) is 5.07. The number of carbonyl (C=O) groups is 1. The fraction of sp³-hybridized carbons (Fsp3) is 0.294. The minimum atomic E-state index is -0.136. The van der Waals surface area contributed by atoms with E-state index in [2.05, 4.69) is 30.2 Å². The van der Waals surface area contributed by atoms with Gasteiger partial charge < -0.3 is 10.1 Å². The first-order valence-corrected chi connectivity index (χ1v) is 7.08. The van der Waals surface area contributed by atoms with Crippen LogP contribution in [0.1, 0.15) is 35.7 Å². The molecule has 0 atom stereocenters. The van der Waals surface area contributed by atoms with Crippen molar-refractivity contribution in [2.75, 3.05) is 13.2 Å². The lowest BCUT2D eigenvalue weighted by Crippen LogP contribution is -2.28. The second kappa shape index (κ2) is 7.43. The molecular weight excluding hydrogens is 264 g/mol. The molecule has 1 heterocycles. The van der Waals surface area contributed by atoms with Crippen LogP contribution in [0.4, 0.5) is 0 Å². The number of hydrogen-bond donors (Lipinski definition) is 1. The van der Waals surface area contributed by atoms with Crippen LogP contribution in [-0.2, 0) is 0 Å². The number of nitrogens with zero attached hydrogens (tertiary/aromatic N) is 1. The predicted octanol–water partition coefficient (Wildman–Crippen LogP) is 3.01. The van der Waals surface area contributed by atoms with E-state index in [1.807, 2.05) is 18.2 Å². The van der Waals surface area contributed by atoms with Crippen molar-refractivity contribution in [3.05, 3.63) is 59.9 Å². The van der Waals surface area contributed by atoms with Gasteiger partial charge >= 0.3 is 0 Å². The van der Waals surface area contributed by atoms with Gasteiger partial charge in [-0.15, -0.1) is 0 Å². The molecule has 0 aliphatic heterocycles. The van der Waals surface area contributed by atoms with Crippen LogP contribution in [0.3, 0.4) is 0 Å². The summed E-state index contributed by atoms with van der Waals surface area (Å²) in [5.74, 6) is 1.17. The van der Waals surface area contributed by atoms with Crippen molar-refractivity contribution >= 4 is 5.91 Å². The topological polar surface area (TPSA) is 51.2 Å². The average molecular weight is 284 g/mol. The van der Waals surface area contributed by atoms with Gasteiger partial charge in [0.1, 0.15) is 12.4 Å². The number of hydrogen-bond acceptors (Lipinski definition) is 3. The van der Waals surface area contributed by atoms with Gasteiger partial charge in [-0.25, -0.2) is 0 Å². The number of aromatic nitrogens is 1. The van der Waals surface area contributed by atoms with Gasteiger partial charge in [0.25, 0.3) is 5.91 Å². The Morgan fingerprint density at radius 3 is 2.86 bits per heavy atom. The maximum Gasteiger partial charge on any atom is 0.252 e. The van der Waals surface area contributed by atoms with Crippen molar-refractivity contribution in [1.29, 1.82) is 0 Å². The Hall–Kier alpha value is -2.36. The number of amides is 1. The molecule has 4 nitrogen and oxygen atoms in total. The van der Waals surface area contributed by atoms with E-state index in [1.165, 1.54) is 5.56 Å². The summed E-state index contributed by atoms with van der Waals surface area (Å²) in [6, 6.07) is 11.5. The van der Waals surface area contributed by atoms with E-state index in [1.54, 1.807) is 24.5 Å². The third-order valence-corrected chi connectivity index (χ3v) is 3.10. The van der Waals surface area contributed by atoms with Crippen molar-refractivity contribution in [3.63, 3.8) is 0 Å². The lowest BCUT2D eigenvalue weighted by molar-refractivity contribution is 0.0946. The van der Waals surface area contributed by atoms with Gasteiger partial charge in [-0.2, -0.15) is 0 Å². The highest BCUT2D eigenvalue weighted by atomic mass is 16.5. The zero-order valence-electron chi connectivity index (χ0n) is 12.4. The lowest BCUT2D eigenvalue weighted by Gasteiger charge is -2.10. The lowest BCUT2D eigenvalue weighted by atomic mass is 10.0. The molecule has 0 fully saturated rings. The standard InChI is InChI=1S/C17H20N2O2/c1-13(2)14-5-3-7-16(11-14)21-10-9-19-17(20)15-6-4-8-18-12-15/h3-8,11-13H,9-10H2,1-2H3,(H,19,20). The monoisotopic (exact) mass is 284 g/mol. The molecule has 0 aliphatic rings. The molecule has 0 radical (unpaired) electrons. The predicted molar refractivity (Wildman–Crippen MR) is 82.6 cm³/mol. The molecule has 2 aromatic rings. The molecule has 2 rings (SSSR count). The minimum Gasteiger partial charge on any atom is -0.492 e. The molecule has 0 saturated heterocycles. The van der Waals surface area contributed by atoms with E-state index < -0.39 is 0 Å². The highest BCUT2D eigenvalue weighted by Gasteiger charge is 2.04. The molecule has 0 spiro atoms. The van der Waals surface area contributed by atoms with Crippen molar-refractivity contribution in [1.82, 2.24) is 10.3 Å². The van der Waals surface area contributed by atoms with Crippen LogP contribution in [0.15, 0.2) is 48.8 Å². The van der Waals surface area contributed by atoms with Gasteiger partial charge in [0.15, 0.2) is 0 Å². The molecule has 1 N–H and O–H groups in total. The van der Waals surface area contributed by atoms with Gasteiger partial charge in [0.05, 0.1) is 12.1 Å². The van der Waals surface area contributed by atoms with Gasteiger partial charge in [0.2, 0.25) is 0 Å². The highest BCUT2D eigenvalue weighted by Crippen LogP contribution is 2.19. The van der Waals surface area contributed by atoms with Crippen LogP contribution in [0.2, 0.25) is 0 Å². The largest absolute Gasteiger partial charge is 0.492 e. The quantitative estimate of drug-likeness (QED) is 0.830. The van der Waals surface area contributed by atoms with E-state index in [0.29, 0.717) is 24.6 Å². The van der Waals surface area contributed by atoms with Crippen LogP contribution in [0.25, 0.3) is 0 Å². The van der Waals surface area contributed by atoms with Crippen LogP contribution in [0, 0.1) is 0 Å². The molecule has 0 saturated carbocycles. The van der Waals surface area contributed by atoms with Gasteiger partial charge in [-0.3, -0.25) is 9.78 Å². The molecule has 0 unspecified atom stereocenters. The Morgan fingerprint density at radius 2 is 2.14 bits per heavy atom. The zero-order chi connectivity index (χ0) is 15.1. The SMILES string of the molecule is CC(C)c1cccc(OCCNC(=O)c2cccnc2)c1. The summed E-state index contributed by atoms with van der Waals surface area (Å²) in [4.78, 5) is 15.7. The third kappa shape index (κ3) is 4.60. The molecule has 1 amide bonds. The molecule has 0 aliphatic carbocycles. The smallest absolute Gasteiger partial charge is 0.252 e. The van der Waals surface area contributed by atoms with Crippen LogP contribution in [-0.4, -0.2) is 24.0 Å². The fourth-order valence-corrected chi connectivity index (χ4v) is 1.90. The molecule has 1 aromatic heterocycles.